The van der Waals surface area contributed by atoms with Crippen molar-refractivity contribution in [2.75, 3.05) is 11.9 Å². The van der Waals surface area contributed by atoms with Crippen LogP contribution in [-0.4, -0.2) is 23.5 Å². The fourth-order valence-electron chi connectivity index (χ4n) is 1.57. The molecule has 0 fully saturated rings. The van der Waals surface area contributed by atoms with E-state index in [1.165, 1.54) is 18.3 Å². The third kappa shape index (κ3) is 4.28. The maximum absolute atomic E-state index is 11.8. The Morgan fingerprint density at radius 3 is 2.68 bits per heavy atom. The zero-order valence-electron chi connectivity index (χ0n) is 11.1. The van der Waals surface area contributed by atoms with Gasteiger partial charge in [-0.15, -0.1) is 0 Å². The van der Waals surface area contributed by atoms with Crippen LogP contribution in [0.5, 0.6) is 0 Å². The van der Waals surface area contributed by atoms with Crippen molar-refractivity contribution in [1.82, 2.24) is 4.98 Å². The van der Waals surface area contributed by atoms with Crippen LogP contribution in [0.3, 0.4) is 0 Å². The molecular formula is C14H10Br2N2O4. The number of nitrogens with one attached hydrogen (secondary N) is 2. The lowest BCUT2D eigenvalue weighted by Crippen LogP contribution is -2.24. The number of aromatic nitrogens is 1. The summed E-state index contributed by atoms with van der Waals surface area (Å²) in [5, 5.41) is 2.59. The molecule has 1 aromatic heterocycles. The second kappa shape index (κ2) is 7.37. The molecule has 0 aliphatic heterocycles. The molecule has 2 N–H and O–H groups in total. The minimum Gasteiger partial charge on any atom is -0.452 e. The average molecular weight is 430 g/mol. The van der Waals surface area contributed by atoms with Crippen LogP contribution in [0.4, 0.5) is 5.69 Å². The van der Waals surface area contributed by atoms with Gasteiger partial charge in [0.05, 0.1) is 5.69 Å². The Morgan fingerprint density at radius 1 is 1.23 bits per heavy atom. The normalized spacial score (nSPS) is 10.1. The molecular weight excluding hydrogens is 420 g/mol. The van der Waals surface area contributed by atoms with E-state index >= 15 is 0 Å². The second-order valence-corrected chi connectivity index (χ2v) is 5.93. The largest absolute Gasteiger partial charge is 0.452 e. The smallest absolute Gasteiger partial charge is 0.344 e. The Balaban J connectivity index is 1.94. The lowest BCUT2D eigenvalue weighted by Gasteiger charge is -2.08. The minimum absolute atomic E-state index is 0.153. The lowest BCUT2D eigenvalue weighted by molar-refractivity contribution is -0.119. The van der Waals surface area contributed by atoms with Crippen molar-refractivity contribution < 1.29 is 14.3 Å². The molecule has 0 radical (unpaired) electrons. The van der Waals surface area contributed by atoms with Crippen LogP contribution in [0.25, 0.3) is 0 Å². The molecule has 6 nitrogen and oxygen atoms in total. The number of H-pyrrole nitrogens is 1. The average Bonchev–Trinajstić information content (AvgIpc) is 2.48. The van der Waals surface area contributed by atoms with E-state index in [-0.39, 0.29) is 5.56 Å². The first-order valence-corrected chi connectivity index (χ1v) is 7.65. The summed E-state index contributed by atoms with van der Waals surface area (Å²) in [5.74, 6) is -1.37. The zero-order valence-corrected chi connectivity index (χ0v) is 14.2. The van der Waals surface area contributed by atoms with E-state index in [2.05, 4.69) is 42.2 Å². The fourth-order valence-corrected chi connectivity index (χ4v) is 2.71. The van der Waals surface area contributed by atoms with Crippen molar-refractivity contribution >= 4 is 49.4 Å². The summed E-state index contributed by atoms with van der Waals surface area (Å²) >= 11 is 6.60. The molecule has 0 atom stereocenters. The number of hydrogen-bond acceptors (Lipinski definition) is 4. The maximum atomic E-state index is 11.8. The second-order valence-electron chi connectivity index (χ2n) is 4.16. The van der Waals surface area contributed by atoms with Crippen LogP contribution < -0.4 is 10.9 Å². The molecule has 0 unspecified atom stereocenters. The van der Waals surface area contributed by atoms with Crippen molar-refractivity contribution in [2.24, 2.45) is 0 Å². The number of pyridine rings is 1. The number of carbonyl (C=O) groups is 2. The first-order valence-electron chi connectivity index (χ1n) is 6.07. The number of rotatable bonds is 4. The van der Waals surface area contributed by atoms with Gasteiger partial charge >= 0.3 is 5.97 Å². The van der Waals surface area contributed by atoms with E-state index in [4.69, 9.17) is 4.74 Å². The van der Waals surface area contributed by atoms with Crippen LogP contribution in [0.15, 0.2) is 50.3 Å². The maximum Gasteiger partial charge on any atom is 0.344 e. The molecule has 1 aromatic carbocycles. The van der Waals surface area contributed by atoms with Gasteiger partial charge in [-0.1, -0.05) is 15.9 Å². The van der Waals surface area contributed by atoms with Gasteiger partial charge in [0.15, 0.2) is 6.61 Å². The highest BCUT2D eigenvalue weighted by molar-refractivity contribution is 9.11. The molecule has 0 aliphatic rings. The SMILES string of the molecule is O=C(COC(=O)c1ccc[nH]c1=O)Nc1ccc(Br)cc1Br. The standard InChI is InChI=1S/C14H10Br2N2O4/c15-8-3-4-11(10(16)6-8)18-12(19)7-22-14(21)9-2-1-5-17-13(9)20/h1-6H,7H2,(H,17,20)(H,18,19). The molecule has 0 saturated carbocycles. The van der Waals surface area contributed by atoms with Crippen LogP contribution in [-0.2, 0) is 9.53 Å². The van der Waals surface area contributed by atoms with E-state index in [0.717, 1.165) is 4.47 Å². The summed E-state index contributed by atoms with van der Waals surface area (Å²) in [6, 6.07) is 8.04. The Hall–Kier alpha value is -1.93. The van der Waals surface area contributed by atoms with Gasteiger partial charge in [-0.05, 0) is 46.3 Å². The van der Waals surface area contributed by atoms with Gasteiger partial charge in [-0.25, -0.2) is 4.79 Å². The van der Waals surface area contributed by atoms with Crippen LogP contribution in [0, 0.1) is 0 Å². The van der Waals surface area contributed by atoms with Crippen LogP contribution in [0.2, 0.25) is 0 Å². The highest BCUT2D eigenvalue weighted by Gasteiger charge is 2.14. The van der Waals surface area contributed by atoms with Crippen molar-refractivity contribution in [3.63, 3.8) is 0 Å². The molecule has 0 spiro atoms. The van der Waals surface area contributed by atoms with Crippen LogP contribution >= 0.6 is 31.9 Å². The van der Waals surface area contributed by atoms with Gasteiger partial charge in [0.25, 0.3) is 11.5 Å². The van der Waals surface area contributed by atoms with Gasteiger partial charge < -0.3 is 15.0 Å². The highest BCUT2D eigenvalue weighted by Crippen LogP contribution is 2.25. The van der Waals surface area contributed by atoms with Gasteiger partial charge in [0.1, 0.15) is 5.56 Å². The molecule has 0 aliphatic carbocycles. The molecule has 2 rings (SSSR count). The molecule has 8 heteroatoms. The number of esters is 1. The summed E-state index contributed by atoms with van der Waals surface area (Å²) in [7, 11) is 0. The predicted molar refractivity (Wildman–Crippen MR) is 87.8 cm³/mol. The Bertz CT molecular complexity index is 773. The zero-order chi connectivity index (χ0) is 16.1. The quantitative estimate of drug-likeness (QED) is 0.731. The third-order valence-electron chi connectivity index (χ3n) is 2.58. The predicted octanol–water partition coefficient (Wildman–Crippen LogP) is 2.70. The topological polar surface area (TPSA) is 88.3 Å². The summed E-state index contributed by atoms with van der Waals surface area (Å²) in [6.07, 6.45) is 1.40. The van der Waals surface area contributed by atoms with Crippen molar-refractivity contribution in [3.8, 4) is 0 Å². The van der Waals surface area contributed by atoms with E-state index in [1.807, 2.05) is 0 Å². The van der Waals surface area contributed by atoms with Crippen molar-refractivity contribution in [2.45, 2.75) is 0 Å². The summed E-state index contributed by atoms with van der Waals surface area (Å²) in [4.78, 5) is 37.2. The number of benzene rings is 1. The number of amides is 1. The molecule has 0 bridgehead atoms. The molecule has 0 saturated heterocycles. The third-order valence-corrected chi connectivity index (χ3v) is 3.73. The summed E-state index contributed by atoms with van der Waals surface area (Å²) < 4.78 is 6.35. The van der Waals surface area contributed by atoms with E-state index < -0.39 is 24.0 Å². The Morgan fingerprint density at radius 2 is 2.00 bits per heavy atom. The lowest BCUT2D eigenvalue weighted by atomic mass is 10.3. The highest BCUT2D eigenvalue weighted by atomic mass is 79.9. The summed E-state index contributed by atoms with van der Waals surface area (Å²) in [6.45, 7) is -0.490. The minimum atomic E-state index is -0.855. The molecule has 114 valence electrons. The molecule has 22 heavy (non-hydrogen) atoms. The first-order chi connectivity index (χ1) is 10.5. The van der Waals surface area contributed by atoms with E-state index in [0.29, 0.717) is 10.2 Å². The number of hydrogen-bond donors (Lipinski definition) is 2. The van der Waals surface area contributed by atoms with Crippen molar-refractivity contribution in [1.29, 1.82) is 0 Å². The molecule has 1 heterocycles. The fraction of sp³-hybridized carbons (Fsp3) is 0.0714. The Labute approximate surface area is 142 Å². The Kier molecular flexibility index (Phi) is 5.51. The molecule has 1 amide bonds. The van der Waals surface area contributed by atoms with Crippen LogP contribution in [0.1, 0.15) is 10.4 Å². The summed E-state index contributed by atoms with van der Waals surface area (Å²) in [5.41, 5.74) is -0.175. The van der Waals surface area contributed by atoms with Gasteiger partial charge in [0, 0.05) is 15.1 Å². The van der Waals surface area contributed by atoms with E-state index in [1.54, 1.807) is 18.2 Å². The number of carbonyl (C=O) groups excluding carboxylic acids is 2. The number of anilines is 1. The number of halogens is 2. The molecule has 2 aromatic rings. The van der Waals surface area contributed by atoms with E-state index in [9.17, 15) is 14.4 Å². The van der Waals surface area contributed by atoms with Gasteiger partial charge in [-0.3, -0.25) is 9.59 Å². The van der Waals surface area contributed by atoms with Gasteiger partial charge in [-0.2, -0.15) is 0 Å². The van der Waals surface area contributed by atoms with Crippen molar-refractivity contribution in [3.05, 3.63) is 61.4 Å². The van der Waals surface area contributed by atoms with Gasteiger partial charge in [0.2, 0.25) is 0 Å². The number of ether oxygens (including phenoxy) is 1. The monoisotopic (exact) mass is 428 g/mol. The first kappa shape index (κ1) is 16.4. The number of aromatic amines is 1.